The summed E-state index contributed by atoms with van der Waals surface area (Å²) in [7, 11) is 3.15. The fourth-order valence-electron chi connectivity index (χ4n) is 2.91. The number of nitrogens with zero attached hydrogens (tertiary/aromatic N) is 1. The van der Waals surface area contributed by atoms with Gasteiger partial charge in [-0.3, -0.25) is 14.5 Å². The van der Waals surface area contributed by atoms with Gasteiger partial charge >= 0.3 is 0 Å². The van der Waals surface area contributed by atoms with Gasteiger partial charge in [0.05, 0.1) is 16.5 Å². The molecule has 164 valence electrons. The van der Waals surface area contributed by atoms with Crippen molar-refractivity contribution in [1.82, 2.24) is 4.90 Å². The van der Waals surface area contributed by atoms with Gasteiger partial charge in [-0.25, -0.2) is 0 Å². The molecule has 31 heavy (non-hydrogen) atoms. The van der Waals surface area contributed by atoms with Crippen LogP contribution in [0.1, 0.15) is 17.5 Å². The van der Waals surface area contributed by atoms with Crippen LogP contribution in [0.5, 0.6) is 11.5 Å². The van der Waals surface area contributed by atoms with E-state index in [1.807, 2.05) is 30.3 Å². The maximum atomic E-state index is 12.6. The van der Waals surface area contributed by atoms with Crippen molar-refractivity contribution in [1.29, 1.82) is 0 Å². The van der Waals surface area contributed by atoms with Crippen molar-refractivity contribution in [2.75, 3.05) is 27.4 Å². The molecule has 3 rings (SSSR count). The molecule has 0 radical (unpaired) electrons. The number of carbonyl (C=O) groups is 2. The minimum atomic E-state index is -0.291. The Morgan fingerprint density at radius 1 is 1.16 bits per heavy atom. The minimum Gasteiger partial charge on any atom is -0.493 e. The Bertz CT molecular complexity index is 996. The number of halogens is 2. The predicted octanol–water partition coefficient (Wildman–Crippen LogP) is 5.71. The lowest BCUT2D eigenvalue weighted by molar-refractivity contribution is -0.122. The van der Waals surface area contributed by atoms with E-state index in [1.54, 1.807) is 26.4 Å². The van der Waals surface area contributed by atoms with Crippen molar-refractivity contribution in [2.24, 2.45) is 0 Å². The van der Waals surface area contributed by atoms with Gasteiger partial charge in [0.2, 0.25) is 0 Å². The third-order valence-corrected chi connectivity index (χ3v) is 6.67. The molecule has 0 aromatic heterocycles. The molecule has 0 N–H and O–H groups in total. The molecule has 1 aliphatic heterocycles. The Morgan fingerprint density at radius 2 is 1.90 bits per heavy atom. The fourth-order valence-corrected chi connectivity index (χ4v) is 4.71. The first-order valence-electron chi connectivity index (χ1n) is 9.42. The molecule has 0 saturated carbocycles. The maximum absolute atomic E-state index is 12.6. The quantitative estimate of drug-likeness (QED) is 0.204. The van der Waals surface area contributed by atoms with E-state index < -0.39 is 0 Å². The van der Waals surface area contributed by atoms with Crippen molar-refractivity contribution in [3.63, 3.8) is 0 Å². The number of amides is 2. The van der Waals surface area contributed by atoms with E-state index in [1.165, 1.54) is 4.90 Å². The SMILES string of the molecule is COCCCN1C(=O)S/C(=C/c2cc(Br)c(OCc3ccc(I)cc3)c(OC)c2)C1=O. The Morgan fingerprint density at radius 3 is 2.58 bits per heavy atom. The van der Waals surface area contributed by atoms with Gasteiger partial charge in [0.15, 0.2) is 11.5 Å². The molecule has 0 unspecified atom stereocenters. The zero-order valence-electron chi connectivity index (χ0n) is 17.0. The second-order valence-corrected chi connectivity index (χ2v) is 9.72. The molecule has 1 saturated heterocycles. The Labute approximate surface area is 207 Å². The van der Waals surface area contributed by atoms with Crippen LogP contribution in [0.25, 0.3) is 6.08 Å². The lowest BCUT2D eigenvalue weighted by Gasteiger charge is -2.14. The summed E-state index contributed by atoms with van der Waals surface area (Å²) in [6.07, 6.45) is 2.30. The average molecular weight is 618 g/mol. The molecule has 1 fully saturated rings. The van der Waals surface area contributed by atoms with Crippen LogP contribution in [-0.4, -0.2) is 43.4 Å². The van der Waals surface area contributed by atoms with E-state index in [9.17, 15) is 9.59 Å². The zero-order valence-corrected chi connectivity index (χ0v) is 21.6. The third-order valence-electron chi connectivity index (χ3n) is 4.45. The van der Waals surface area contributed by atoms with E-state index in [0.29, 0.717) is 47.1 Å². The second kappa shape index (κ2) is 11.3. The topological polar surface area (TPSA) is 65.1 Å². The molecule has 6 nitrogen and oxygen atoms in total. The lowest BCUT2D eigenvalue weighted by atomic mass is 10.1. The molecule has 0 aliphatic carbocycles. The first-order valence-corrected chi connectivity index (χ1v) is 12.1. The summed E-state index contributed by atoms with van der Waals surface area (Å²) >= 11 is 6.73. The number of benzene rings is 2. The second-order valence-electron chi connectivity index (χ2n) is 6.63. The molecular formula is C22H21BrINO5S. The van der Waals surface area contributed by atoms with Gasteiger partial charge in [-0.15, -0.1) is 0 Å². The summed E-state index contributed by atoms with van der Waals surface area (Å²) in [5.41, 5.74) is 1.77. The van der Waals surface area contributed by atoms with E-state index in [-0.39, 0.29) is 11.1 Å². The zero-order chi connectivity index (χ0) is 22.4. The van der Waals surface area contributed by atoms with Crippen molar-refractivity contribution in [3.8, 4) is 11.5 Å². The number of methoxy groups -OCH3 is 2. The highest BCUT2D eigenvalue weighted by Crippen LogP contribution is 2.39. The van der Waals surface area contributed by atoms with Crippen LogP contribution in [0.3, 0.4) is 0 Å². The molecule has 2 aromatic rings. The first kappa shape index (κ1) is 24.1. The minimum absolute atomic E-state index is 0.268. The predicted molar refractivity (Wildman–Crippen MR) is 133 cm³/mol. The number of rotatable bonds is 9. The van der Waals surface area contributed by atoms with Gasteiger partial charge in [-0.05, 0) is 98.2 Å². The molecule has 1 aliphatic rings. The van der Waals surface area contributed by atoms with Crippen LogP contribution in [-0.2, 0) is 16.1 Å². The first-order chi connectivity index (χ1) is 14.9. The van der Waals surface area contributed by atoms with Crippen LogP contribution in [0.4, 0.5) is 4.79 Å². The normalized spacial score (nSPS) is 15.1. The van der Waals surface area contributed by atoms with Crippen molar-refractivity contribution in [3.05, 3.63) is 60.5 Å². The Hall–Kier alpha value is -1.56. The molecule has 1 heterocycles. The number of thioether (sulfide) groups is 1. The van der Waals surface area contributed by atoms with E-state index in [0.717, 1.165) is 26.5 Å². The van der Waals surface area contributed by atoms with Gasteiger partial charge in [-0.2, -0.15) is 0 Å². The van der Waals surface area contributed by atoms with E-state index >= 15 is 0 Å². The van der Waals surface area contributed by atoms with Gasteiger partial charge in [0.25, 0.3) is 11.1 Å². The molecular weight excluding hydrogens is 597 g/mol. The molecule has 0 atom stereocenters. The molecule has 0 spiro atoms. The number of carbonyl (C=O) groups excluding carboxylic acids is 2. The largest absolute Gasteiger partial charge is 0.493 e. The lowest BCUT2D eigenvalue weighted by Crippen LogP contribution is -2.29. The van der Waals surface area contributed by atoms with Crippen LogP contribution < -0.4 is 9.47 Å². The highest BCUT2D eigenvalue weighted by molar-refractivity contribution is 14.1. The van der Waals surface area contributed by atoms with Crippen molar-refractivity contribution >= 4 is 67.5 Å². The summed E-state index contributed by atoms with van der Waals surface area (Å²) in [6.45, 7) is 1.23. The van der Waals surface area contributed by atoms with Gasteiger partial charge in [-0.1, -0.05) is 12.1 Å². The van der Waals surface area contributed by atoms with Crippen LogP contribution in [0.2, 0.25) is 0 Å². The van der Waals surface area contributed by atoms with Crippen LogP contribution >= 0.6 is 50.3 Å². The third kappa shape index (κ3) is 6.24. The molecule has 2 aromatic carbocycles. The number of ether oxygens (including phenoxy) is 3. The summed E-state index contributed by atoms with van der Waals surface area (Å²) in [6, 6.07) is 11.7. The molecule has 0 bridgehead atoms. The maximum Gasteiger partial charge on any atom is 0.293 e. The van der Waals surface area contributed by atoms with Gasteiger partial charge in [0.1, 0.15) is 6.61 Å². The van der Waals surface area contributed by atoms with Gasteiger partial charge < -0.3 is 14.2 Å². The Kier molecular flexibility index (Phi) is 8.82. The van der Waals surface area contributed by atoms with Crippen molar-refractivity contribution < 1.29 is 23.8 Å². The van der Waals surface area contributed by atoms with Crippen LogP contribution in [0.15, 0.2) is 45.8 Å². The molecule has 9 heteroatoms. The van der Waals surface area contributed by atoms with Gasteiger partial charge in [0, 0.05) is 23.8 Å². The van der Waals surface area contributed by atoms with Crippen molar-refractivity contribution in [2.45, 2.75) is 13.0 Å². The highest BCUT2D eigenvalue weighted by Gasteiger charge is 2.34. The Balaban J connectivity index is 1.77. The smallest absolute Gasteiger partial charge is 0.293 e. The van der Waals surface area contributed by atoms with Crippen LogP contribution in [0, 0.1) is 3.57 Å². The highest BCUT2D eigenvalue weighted by atomic mass is 127. The average Bonchev–Trinajstić information content (AvgIpc) is 3.01. The van der Waals surface area contributed by atoms with E-state index in [4.69, 9.17) is 14.2 Å². The number of imide groups is 1. The summed E-state index contributed by atoms with van der Waals surface area (Å²) in [5.74, 6) is 0.816. The number of hydrogen-bond donors (Lipinski definition) is 0. The monoisotopic (exact) mass is 617 g/mol. The summed E-state index contributed by atoms with van der Waals surface area (Å²) in [4.78, 5) is 26.4. The summed E-state index contributed by atoms with van der Waals surface area (Å²) in [5, 5.41) is -0.268. The standard InChI is InChI=1S/C22H21BrINO5S/c1-28-9-3-8-25-21(26)19(31-22(25)27)12-15-10-17(23)20(18(11-15)29-2)30-13-14-4-6-16(24)7-5-14/h4-7,10-12H,3,8-9,13H2,1-2H3/b19-12+. The molecule has 2 amide bonds. The summed E-state index contributed by atoms with van der Waals surface area (Å²) < 4.78 is 18.3. The number of hydrogen-bond acceptors (Lipinski definition) is 6. The fraction of sp³-hybridized carbons (Fsp3) is 0.273. The van der Waals surface area contributed by atoms with E-state index in [2.05, 4.69) is 38.5 Å².